The molecule has 160 valence electrons. The van der Waals surface area contributed by atoms with Gasteiger partial charge in [-0.25, -0.2) is 0 Å². The third-order valence-electron chi connectivity index (χ3n) is 4.54. The minimum Gasteiger partial charge on any atom is -0.394 e. The molecular weight excluding hydrogens is 368 g/mol. The van der Waals surface area contributed by atoms with E-state index >= 15 is 0 Å². The van der Waals surface area contributed by atoms with E-state index in [1.807, 2.05) is 20.8 Å². The fourth-order valence-corrected chi connectivity index (χ4v) is 3.73. The Morgan fingerprint density at radius 2 is 1.63 bits per heavy atom. The molecule has 0 aromatic rings. The molecule has 0 aliphatic heterocycles. The minimum absolute atomic E-state index is 0.0583. The quantitative estimate of drug-likeness (QED) is 0.274. The molecule has 0 aliphatic rings. The van der Waals surface area contributed by atoms with Crippen molar-refractivity contribution in [1.29, 1.82) is 0 Å². The molecular formula is C19H38N2O5S. The zero-order valence-corrected chi connectivity index (χ0v) is 18.2. The van der Waals surface area contributed by atoms with E-state index in [0.717, 1.165) is 12.2 Å². The van der Waals surface area contributed by atoms with Crippen LogP contribution in [-0.4, -0.2) is 69.5 Å². The maximum absolute atomic E-state index is 12.7. The number of carbonyl (C=O) groups excluding carboxylic acids is 2. The van der Waals surface area contributed by atoms with Gasteiger partial charge < -0.3 is 26.0 Å². The Morgan fingerprint density at radius 3 is 2.07 bits per heavy atom. The minimum atomic E-state index is -1.41. The van der Waals surface area contributed by atoms with Gasteiger partial charge in [-0.05, 0) is 18.8 Å². The SMILES string of the molecule is CCCC(=O)NCCSC(C)(C)CC(C(=O)NC(CO)(CO)CO)C(C)C. The normalized spacial score (nSPS) is 13.5. The average molecular weight is 407 g/mol. The molecule has 0 spiro atoms. The zero-order chi connectivity index (χ0) is 21.1. The Bertz CT molecular complexity index is 445. The highest BCUT2D eigenvalue weighted by atomic mass is 32.2. The number of amides is 2. The molecule has 1 unspecified atom stereocenters. The van der Waals surface area contributed by atoms with Gasteiger partial charge in [0.25, 0.3) is 0 Å². The van der Waals surface area contributed by atoms with Gasteiger partial charge in [-0.3, -0.25) is 9.59 Å². The Hall–Kier alpha value is -0.830. The van der Waals surface area contributed by atoms with Gasteiger partial charge in [0.15, 0.2) is 0 Å². The third-order valence-corrected chi connectivity index (χ3v) is 5.90. The lowest BCUT2D eigenvalue weighted by Gasteiger charge is -2.35. The van der Waals surface area contributed by atoms with Gasteiger partial charge in [0.1, 0.15) is 5.54 Å². The molecule has 0 rings (SSSR count). The van der Waals surface area contributed by atoms with Crippen LogP contribution in [0.1, 0.15) is 53.9 Å². The molecule has 0 saturated carbocycles. The molecule has 2 amide bonds. The summed E-state index contributed by atoms with van der Waals surface area (Å²) in [7, 11) is 0. The standard InChI is InChI=1S/C19H38N2O5S/c1-6-7-16(25)20-8-9-27-18(4,5)10-15(14(2)3)17(26)21-19(11-22,12-23)13-24/h14-15,22-24H,6-13H2,1-5H3,(H,20,25)(H,21,26). The number of aliphatic hydroxyl groups excluding tert-OH is 3. The Kier molecular flexibility index (Phi) is 12.2. The molecule has 0 aromatic carbocycles. The van der Waals surface area contributed by atoms with E-state index in [1.165, 1.54) is 0 Å². The van der Waals surface area contributed by atoms with Crippen molar-refractivity contribution in [2.24, 2.45) is 11.8 Å². The molecule has 5 N–H and O–H groups in total. The number of rotatable bonds is 14. The molecule has 0 aromatic heterocycles. The number of nitrogens with one attached hydrogen (secondary N) is 2. The molecule has 27 heavy (non-hydrogen) atoms. The second-order valence-corrected chi connectivity index (χ2v) is 9.81. The topological polar surface area (TPSA) is 119 Å². The van der Waals surface area contributed by atoms with E-state index < -0.39 is 25.4 Å². The van der Waals surface area contributed by atoms with E-state index in [0.29, 0.717) is 19.4 Å². The summed E-state index contributed by atoms with van der Waals surface area (Å²) in [5.74, 6) is 0.257. The van der Waals surface area contributed by atoms with Gasteiger partial charge in [-0.2, -0.15) is 11.8 Å². The van der Waals surface area contributed by atoms with Crippen molar-refractivity contribution in [3.63, 3.8) is 0 Å². The highest BCUT2D eigenvalue weighted by Gasteiger charge is 2.36. The third kappa shape index (κ3) is 9.78. The van der Waals surface area contributed by atoms with Crippen LogP contribution in [0.2, 0.25) is 0 Å². The first-order valence-corrected chi connectivity index (χ1v) is 10.6. The van der Waals surface area contributed by atoms with Crippen LogP contribution in [-0.2, 0) is 9.59 Å². The average Bonchev–Trinajstić information content (AvgIpc) is 2.61. The fourth-order valence-electron chi connectivity index (χ4n) is 2.68. The second kappa shape index (κ2) is 12.6. The van der Waals surface area contributed by atoms with Crippen molar-refractivity contribution in [2.45, 2.75) is 64.2 Å². The summed E-state index contributed by atoms with van der Waals surface area (Å²) in [6.45, 7) is 8.98. The van der Waals surface area contributed by atoms with E-state index in [-0.39, 0.29) is 28.4 Å². The van der Waals surface area contributed by atoms with Gasteiger partial charge in [0, 0.05) is 29.4 Å². The van der Waals surface area contributed by atoms with Gasteiger partial charge in [0.05, 0.1) is 19.8 Å². The van der Waals surface area contributed by atoms with Gasteiger partial charge in [0.2, 0.25) is 11.8 Å². The number of hydrogen-bond donors (Lipinski definition) is 5. The smallest absolute Gasteiger partial charge is 0.224 e. The van der Waals surface area contributed by atoms with Crippen LogP contribution >= 0.6 is 11.8 Å². The van der Waals surface area contributed by atoms with Crippen LogP contribution < -0.4 is 10.6 Å². The summed E-state index contributed by atoms with van der Waals surface area (Å²) in [6, 6.07) is 0. The van der Waals surface area contributed by atoms with Gasteiger partial charge >= 0.3 is 0 Å². The molecule has 7 nitrogen and oxygen atoms in total. The largest absolute Gasteiger partial charge is 0.394 e. The van der Waals surface area contributed by atoms with Crippen molar-refractivity contribution in [3.05, 3.63) is 0 Å². The fraction of sp³-hybridized carbons (Fsp3) is 0.895. The number of carbonyl (C=O) groups is 2. The van der Waals surface area contributed by atoms with Crippen molar-refractivity contribution in [3.8, 4) is 0 Å². The second-order valence-electron chi connectivity index (χ2n) is 8.01. The lowest BCUT2D eigenvalue weighted by Crippen LogP contribution is -2.59. The van der Waals surface area contributed by atoms with Crippen LogP contribution in [0.3, 0.4) is 0 Å². The van der Waals surface area contributed by atoms with Gasteiger partial charge in [-0.1, -0.05) is 34.6 Å². The van der Waals surface area contributed by atoms with Crippen LogP contribution in [0.15, 0.2) is 0 Å². The number of aliphatic hydroxyl groups is 3. The molecule has 8 heteroatoms. The van der Waals surface area contributed by atoms with Crippen LogP contribution in [0, 0.1) is 11.8 Å². The van der Waals surface area contributed by atoms with Crippen LogP contribution in [0.5, 0.6) is 0 Å². The van der Waals surface area contributed by atoms with Crippen LogP contribution in [0.25, 0.3) is 0 Å². The maximum atomic E-state index is 12.7. The Morgan fingerprint density at radius 1 is 1.07 bits per heavy atom. The number of thioether (sulfide) groups is 1. The maximum Gasteiger partial charge on any atom is 0.224 e. The summed E-state index contributed by atoms with van der Waals surface area (Å²) in [6.07, 6.45) is 1.96. The van der Waals surface area contributed by atoms with Crippen molar-refractivity contribution < 1.29 is 24.9 Å². The Labute approximate surface area is 167 Å². The monoisotopic (exact) mass is 406 g/mol. The van der Waals surface area contributed by atoms with Crippen LogP contribution in [0.4, 0.5) is 0 Å². The van der Waals surface area contributed by atoms with E-state index in [1.54, 1.807) is 11.8 Å². The lowest BCUT2D eigenvalue weighted by molar-refractivity contribution is -0.131. The summed E-state index contributed by atoms with van der Waals surface area (Å²) in [4.78, 5) is 24.2. The van der Waals surface area contributed by atoms with E-state index in [4.69, 9.17) is 0 Å². The summed E-state index contributed by atoms with van der Waals surface area (Å²) < 4.78 is -0.192. The number of hydrogen-bond acceptors (Lipinski definition) is 6. The summed E-state index contributed by atoms with van der Waals surface area (Å²) in [5, 5.41) is 33.8. The lowest BCUT2D eigenvalue weighted by atomic mass is 9.85. The highest BCUT2D eigenvalue weighted by Crippen LogP contribution is 2.34. The molecule has 0 heterocycles. The summed E-state index contributed by atoms with van der Waals surface area (Å²) >= 11 is 1.69. The zero-order valence-electron chi connectivity index (χ0n) is 17.4. The summed E-state index contributed by atoms with van der Waals surface area (Å²) in [5.41, 5.74) is -1.41. The first-order chi connectivity index (χ1) is 12.6. The molecule has 1 atom stereocenters. The molecule has 0 saturated heterocycles. The molecule has 0 bridgehead atoms. The first-order valence-electron chi connectivity index (χ1n) is 9.61. The predicted octanol–water partition coefficient (Wildman–Crippen LogP) is 0.909. The highest BCUT2D eigenvalue weighted by molar-refractivity contribution is 8.00. The molecule has 0 aliphatic carbocycles. The predicted molar refractivity (Wildman–Crippen MR) is 110 cm³/mol. The van der Waals surface area contributed by atoms with E-state index in [9.17, 15) is 24.9 Å². The van der Waals surface area contributed by atoms with E-state index in [2.05, 4.69) is 24.5 Å². The van der Waals surface area contributed by atoms with Crippen molar-refractivity contribution in [1.82, 2.24) is 10.6 Å². The van der Waals surface area contributed by atoms with Crippen molar-refractivity contribution >= 4 is 23.6 Å². The molecule has 0 fully saturated rings. The van der Waals surface area contributed by atoms with Crippen molar-refractivity contribution in [2.75, 3.05) is 32.1 Å². The van der Waals surface area contributed by atoms with Gasteiger partial charge in [-0.15, -0.1) is 0 Å². The Balaban J connectivity index is 4.77. The molecule has 0 radical (unpaired) electrons. The first kappa shape index (κ1) is 26.2.